The second-order valence-corrected chi connectivity index (χ2v) is 13.1. The van der Waals surface area contributed by atoms with Gasteiger partial charge in [-0.3, -0.25) is 9.52 Å². The zero-order valence-corrected chi connectivity index (χ0v) is 23.6. The highest BCUT2D eigenvalue weighted by atomic mass is 32.2. The summed E-state index contributed by atoms with van der Waals surface area (Å²) in [6.45, 7) is 5.67. The van der Waals surface area contributed by atoms with Crippen LogP contribution < -0.4 is 9.46 Å². The second kappa shape index (κ2) is 11.4. The predicted octanol–water partition coefficient (Wildman–Crippen LogP) is 2.56. The Kier molecular flexibility index (Phi) is 8.89. The summed E-state index contributed by atoms with van der Waals surface area (Å²) in [7, 11) is -4.31. The van der Waals surface area contributed by atoms with Crippen molar-refractivity contribution in [2.45, 2.75) is 37.8 Å². The number of likely N-dealkylation sites (N-methyl/N-ethyl adjacent to an activating group) is 1. The van der Waals surface area contributed by atoms with E-state index < -0.39 is 32.2 Å². The van der Waals surface area contributed by atoms with Crippen LogP contribution in [0, 0.1) is 12.8 Å². The number of methoxy groups -OCH3 is 1. The average molecular weight is 554 g/mol. The van der Waals surface area contributed by atoms with Crippen molar-refractivity contribution in [1.29, 1.82) is 0 Å². The molecule has 0 saturated carbocycles. The van der Waals surface area contributed by atoms with E-state index in [1.807, 2.05) is 6.92 Å². The van der Waals surface area contributed by atoms with Gasteiger partial charge in [0, 0.05) is 33.3 Å². The first kappa shape index (κ1) is 28.9. The maximum Gasteiger partial charge on any atom is 0.262 e. The van der Waals surface area contributed by atoms with E-state index in [1.165, 1.54) is 40.6 Å². The van der Waals surface area contributed by atoms with Crippen molar-refractivity contribution in [1.82, 2.24) is 9.21 Å². The Hall–Kier alpha value is -2.67. The molecule has 0 unspecified atom stereocenters. The van der Waals surface area contributed by atoms with Gasteiger partial charge in [0.2, 0.25) is 10.0 Å². The van der Waals surface area contributed by atoms with Crippen molar-refractivity contribution in [3.05, 3.63) is 53.6 Å². The Morgan fingerprint density at radius 1 is 1.05 bits per heavy atom. The third-order valence-electron chi connectivity index (χ3n) is 6.45. The number of rotatable bonds is 5. The molecule has 0 aromatic heterocycles. The molecule has 0 bridgehead atoms. The summed E-state index contributed by atoms with van der Waals surface area (Å²) in [6, 6.07) is 10.5. The largest absolute Gasteiger partial charge is 0.491 e. The number of aryl methyl sites for hydroxylation is 1. The van der Waals surface area contributed by atoms with Gasteiger partial charge in [-0.05, 0) is 43.5 Å². The van der Waals surface area contributed by atoms with Gasteiger partial charge in [0.1, 0.15) is 12.4 Å². The van der Waals surface area contributed by atoms with Crippen LogP contribution in [0.3, 0.4) is 0 Å². The molecule has 1 heterocycles. The van der Waals surface area contributed by atoms with Gasteiger partial charge < -0.3 is 14.4 Å². The molecule has 0 aliphatic carbocycles. The number of benzene rings is 2. The molecule has 37 heavy (non-hydrogen) atoms. The minimum Gasteiger partial charge on any atom is -0.491 e. The number of fused-ring (bicyclic) bond motifs is 1. The molecular formula is C25H35N3O7S2. The normalized spacial score (nSPS) is 22.4. The van der Waals surface area contributed by atoms with Crippen LogP contribution in [0.4, 0.5) is 5.69 Å². The molecule has 1 aliphatic heterocycles. The number of ether oxygens (including phenoxy) is 2. The van der Waals surface area contributed by atoms with E-state index >= 15 is 0 Å². The van der Waals surface area contributed by atoms with Gasteiger partial charge in [-0.2, -0.15) is 4.31 Å². The Morgan fingerprint density at radius 2 is 1.73 bits per heavy atom. The lowest BCUT2D eigenvalue weighted by Crippen LogP contribution is -2.48. The highest BCUT2D eigenvalue weighted by Crippen LogP contribution is 2.29. The molecular weight excluding hydrogens is 518 g/mol. The van der Waals surface area contributed by atoms with E-state index in [9.17, 15) is 21.6 Å². The molecule has 0 radical (unpaired) electrons. The van der Waals surface area contributed by atoms with Crippen LogP contribution in [-0.4, -0.2) is 84.2 Å². The molecule has 0 saturated heterocycles. The molecule has 10 nitrogen and oxygen atoms in total. The highest BCUT2D eigenvalue weighted by Gasteiger charge is 2.32. The molecule has 12 heteroatoms. The molecule has 2 aromatic rings. The van der Waals surface area contributed by atoms with Gasteiger partial charge in [0.15, 0.2) is 0 Å². The lowest BCUT2D eigenvalue weighted by atomic mass is 10.0. The Balaban J connectivity index is 2.02. The van der Waals surface area contributed by atoms with Crippen LogP contribution in [-0.2, 0) is 24.8 Å². The standard InChI is InChI=1S/C25H35N3O7S2/c1-17-9-7-8-10-24(17)37(32,33)26-20-11-12-21-22(13-20)35-16-19(3)28(36(6,30)31)14-18(2)23(34-5)15-27(4)25(21)29/h7-13,18-19,23,26H,14-16H2,1-6H3/t18-,19-,23-/m1/s1. The third kappa shape index (κ3) is 6.81. The average Bonchev–Trinajstić information content (AvgIpc) is 2.82. The van der Waals surface area contributed by atoms with Crippen LogP contribution in [0.5, 0.6) is 5.75 Å². The smallest absolute Gasteiger partial charge is 0.262 e. The Morgan fingerprint density at radius 3 is 2.35 bits per heavy atom. The molecule has 0 fully saturated rings. The fourth-order valence-corrected chi connectivity index (χ4v) is 6.85. The van der Waals surface area contributed by atoms with Gasteiger partial charge >= 0.3 is 0 Å². The predicted molar refractivity (Wildman–Crippen MR) is 142 cm³/mol. The maximum absolute atomic E-state index is 13.3. The maximum atomic E-state index is 13.3. The summed E-state index contributed by atoms with van der Waals surface area (Å²) in [5.41, 5.74) is 1.02. The summed E-state index contributed by atoms with van der Waals surface area (Å²) < 4.78 is 66.7. The molecule has 3 atom stereocenters. The first-order chi connectivity index (χ1) is 17.2. The van der Waals surface area contributed by atoms with E-state index in [0.717, 1.165) is 6.26 Å². The van der Waals surface area contributed by atoms with Crippen molar-refractivity contribution in [2.24, 2.45) is 5.92 Å². The van der Waals surface area contributed by atoms with Crippen LogP contribution in [0.15, 0.2) is 47.4 Å². The summed E-state index contributed by atoms with van der Waals surface area (Å²) in [4.78, 5) is 15.0. The second-order valence-electron chi connectivity index (χ2n) is 9.51. The molecule has 1 aliphatic rings. The number of carbonyl (C=O) groups is 1. The highest BCUT2D eigenvalue weighted by molar-refractivity contribution is 7.92. The summed E-state index contributed by atoms with van der Waals surface area (Å²) in [5.74, 6) is -0.384. The third-order valence-corrected chi connectivity index (χ3v) is 9.35. The minimum atomic E-state index is -3.90. The number of amides is 1. The Labute approximate surface area is 219 Å². The summed E-state index contributed by atoms with van der Waals surface area (Å²) in [5, 5.41) is 0. The summed E-state index contributed by atoms with van der Waals surface area (Å²) >= 11 is 0. The lowest BCUT2D eigenvalue weighted by molar-refractivity contribution is 0.0213. The first-order valence-electron chi connectivity index (χ1n) is 11.8. The van der Waals surface area contributed by atoms with Crippen LogP contribution in [0.2, 0.25) is 0 Å². The van der Waals surface area contributed by atoms with E-state index in [4.69, 9.17) is 9.47 Å². The number of nitrogens with zero attached hydrogens (tertiary/aromatic N) is 2. The number of anilines is 1. The van der Waals surface area contributed by atoms with Crippen molar-refractivity contribution >= 4 is 31.6 Å². The first-order valence-corrected chi connectivity index (χ1v) is 15.2. The van der Waals surface area contributed by atoms with E-state index in [1.54, 1.807) is 39.1 Å². The van der Waals surface area contributed by atoms with Gasteiger partial charge in [-0.15, -0.1) is 0 Å². The fourth-order valence-electron chi connectivity index (χ4n) is 4.33. The van der Waals surface area contributed by atoms with Crippen molar-refractivity contribution in [3.8, 4) is 5.75 Å². The van der Waals surface area contributed by atoms with Crippen molar-refractivity contribution < 1.29 is 31.1 Å². The number of carbonyl (C=O) groups excluding carboxylic acids is 1. The zero-order chi connectivity index (χ0) is 27.5. The Bertz CT molecular complexity index is 1350. The van der Waals surface area contributed by atoms with E-state index in [-0.39, 0.29) is 53.4 Å². The van der Waals surface area contributed by atoms with E-state index in [2.05, 4.69) is 4.72 Å². The monoisotopic (exact) mass is 553 g/mol. The minimum absolute atomic E-state index is 0.0462. The van der Waals surface area contributed by atoms with Gasteiger partial charge in [0.05, 0.1) is 34.5 Å². The van der Waals surface area contributed by atoms with Gasteiger partial charge in [-0.25, -0.2) is 16.8 Å². The topological polar surface area (TPSA) is 122 Å². The lowest BCUT2D eigenvalue weighted by Gasteiger charge is -2.34. The van der Waals surface area contributed by atoms with Gasteiger partial charge in [0.25, 0.3) is 15.9 Å². The molecule has 0 spiro atoms. The number of hydrogen-bond donors (Lipinski definition) is 1. The number of hydrogen-bond acceptors (Lipinski definition) is 7. The molecule has 204 valence electrons. The molecule has 1 amide bonds. The fraction of sp³-hybridized carbons (Fsp3) is 0.480. The SMILES string of the molecule is CO[C@@H]1CN(C)C(=O)c2ccc(NS(=O)(=O)c3ccccc3C)cc2OC[C@@H](C)N(S(C)(=O)=O)C[C@H]1C. The number of sulfonamides is 2. The van der Waals surface area contributed by atoms with E-state index in [0.29, 0.717) is 5.56 Å². The molecule has 1 N–H and O–H groups in total. The zero-order valence-electron chi connectivity index (χ0n) is 22.0. The number of nitrogens with one attached hydrogen (secondary N) is 1. The molecule has 2 aromatic carbocycles. The summed E-state index contributed by atoms with van der Waals surface area (Å²) in [6.07, 6.45) is 0.737. The molecule has 3 rings (SSSR count). The van der Waals surface area contributed by atoms with Crippen LogP contribution >= 0.6 is 0 Å². The van der Waals surface area contributed by atoms with Crippen LogP contribution in [0.25, 0.3) is 0 Å². The van der Waals surface area contributed by atoms with Gasteiger partial charge in [-0.1, -0.05) is 25.1 Å². The van der Waals surface area contributed by atoms with Crippen LogP contribution in [0.1, 0.15) is 29.8 Å². The quantitative estimate of drug-likeness (QED) is 0.604. The van der Waals surface area contributed by atoms with Crippen molar-refractivity contribution in [2.75, 3.05) is 44.8 Å². The van der Waals surface area contributed by atoms with Crippen molar-refractivity contribution in [3.63, 3.8) is 0 Å².